The fraction of sp³-hybridized carbons (Fsp3) is 0.214. The first-order chi connectivity index (χ1) is 18.0. The minimum Gasteiger partial charge on any atom is -0.489 e. The van der Waals surface area contributed by atoms with Crippen molar-refractivity contribution in [3.63, 3.8) is 0 Å². The van der Waals surface area contributed by atoms with Crippen LogP contribution in [0.3, 0.4) is 0 Å². The van der Waals surface area contributed by atoms with E-state index in [9.17, 15) is 9.59 Å². The van der Waals surface area contributed by atoms with Crippen molar-refractivity contribution < 1.29 is 32.9 Å². The summed E-state index contributed by atoms with van der Waals surface area (Å²) in [6, 6.07) is 15.3. The van der Waals surface area contributed by atoms with Gasteiger partial charge in [0.05, 0.1) is 24.2 Å². The van der Waals surface area contributed by atoms with Gasteiger partial charge in [0.15, 0.2) is 6.79 Å². The van der Waals surface area contributed by atoms with Crippen LogP contribution in [0.2, 0.25) is 0 Å². The second kappa shape index (κ2) is 11.1. The number of halogens is 1. The van der Waals surface area contributed by atoms with Crippen molar-refractivity contribution in [3.05, 3.63) is 92.2 Å². The molecule has 0 saturated carbocycles. The molecule has 0 saturated heterocycles. The monoisotopic (exact) mass is 566 g/mol. The van der Waals surface area contributed by atoms with Gasteiger partial charge >= 0.3 is 5.97 Å². The molecule has 2 heterocycles. The minimum absolute atomic E-state index is 0.0302. The van der Waals surface area contributed by atoms with Gasteiger partial charge in [0.25, 0.3) is 0 Å². The lowest BCUT2D eigenvalue weighted by Crippen LogP contribution is -2.14. The van der Waals surface area contributed by atoms with E-state index in [0.29, 0.717) is 41.2 Å². The van der Waals surface area contributed by atoms with E-state index in [0.717, 1.165) is 27.8 Å². The van der Waals surface area contributed by atoms with Gasteiger partial charge in [-0.3, -0.25) is 4.79 Å². The summed E-state index contributed by atoms with van der Waals surface area (Å²) in [5.41, 5.74) is 2.27. The number of ether oxygens (including phenoxy) is 5. The van der Waals surface area contributed by atoms with Crippen LogP contribution in [-0.2, 0) is 22.7 Å². The van der Waals surface area contributed by atoms with E-state index in [1.807, 2.05) is 19.1 Å². The summed E-state index contributed by atoms with van der Waals surface area (Å²) in [5, 5.41) is 0.352. The second-order valence-corrected chi connectivity index (χ2v) is 9.22. The molecule has 0 N–H and O–H groups in total. The fourth-order valence-electron chi connectivity index (χ4n) is 3.84. The van der Waals surface area contributed by atoms with Gasteiger partial charge < -0.3 is 28.1 Å². The van der Waals surface area contributed by atoms with Crippen molar-refractivity contribution in [3.8, 4) is 23.0 Å². The fourth-order valence-corrected chi connectivity index (χ4v) is 4.39. The maximum atomic E-state index is 13.0. The zero-order chi connectivity index (χ0) is 25.8. The zero-order valence-electron chi connectivity index (χ0n) is 20.0. The lowest BCUT2D eigenvalue weighted by molar-refractivity contribution is -0.0176. The molecular formula is C28H23BrO8. The first-order valence-electron chi connectivity index (χ1n) is 11.7. The smallest absolute Gasteiger partial charge is 0.338 e. The van der Waals surface area contributed by atoms with Crippen molar-refractivity contribution in [1.82, 2.24) is 0 Å². The molecule has 0 aliphatic carbocycles. The lowest BCUT2D eigenvalue weighted by atomic mass is 10.1. The molecule has 8 nitrogen and oxygen atoms in total. The topological polar surface area (TPSA) is 93.4 Å². The Morgan fingerprint density at radius 2 is 1.86 bits per heavy atom. The van der Waals surface area contributed by atoms with Crippen LogP contribution in [0.5, 0.6) is 23.0 Å². The van der Waals surface area contributed by atoms with E-state index in [1.54, 1.807) is 42.5 Å². The Morgan fingerprint density at radius 3 is 2.68 bits per heavy atom. The third-order valence-corrected chi connectivity index (χ3v) is 6.07. The van der Waals surface area contributed by atoms with Crippen molar-refractivity contribution in [2.45, 2.75) is 26.6 Å². The van der Waals surface area contributed by atoms with Crippen molar-refractivity contribution in [1.29, 1.82) is 0 Å². The highest BCUT2D eigenvalue weighted by Crippen LogP contribution is 2.33. The Balaban J connectivity index is 1.30. The van der Waals surface area contributed by atoms with Crippen LogP contribution in [-0.4, -0.2) is 19.4 Å². The zero-order valence-corrected chi connectivity index (χ0v) is 21.5. The summed E-state index contributed by atoms with van der Waals surface area (Å²) in [4.78, 5) is 24.9. The molecule has 0 atom stereocenters. The van der Waals surface area contributed by atoms with Gasteiger partial charge in [-0.15, -0.1) is 0 Å². The average Bonchev–Trinajstić information content (AvgIpc) is 2.92. The SMILES string of the molecule is CCCOC(=O)c1ccc(Oc2coc3cc(OCc4cc(Br)cc5c4OCOC5)ccc3c2=O)cc1. The molecule has 1 aliphatic heterocycles. The molecule has 37 heavy (non-hydrogen) atoms. The standard InChI is InChI=1S/C28H23BrO8/c1-2-9-33-28(31)17-3-5-21(6-4-17)37-25-15-35-24-12-22(7-8-23(24)26(25)30)34-14-19-11-20(29)10-18-13-32-16-36-27(18)19/h3-8,10-12,15H,2,9,13-14,16H2,1H3. The number of esters is 1. The molecule has 0 radical (unpaired) electrons. The highest BCUT2D eigenvalue weighted by Gasteiger charge is 2.17. The summed E-state index contributed by atoms with van der Waals surface area (Å²) >= 11 is 3.51. The van der Waals surface area contributed by atoms with Crippen molar-refractivity contribution in [2.24, 2.45) is 0 Å². The highest BCUT2D eigenvalue weighted by molar-refractivity contribution is 9.10. The van der Waals surface area contributed by atoms with Crippen LogP contribution in [0.25, 0.3) is 11.0 Å². The molecule has 0 bridgehead atoms. The molecule has 5 rings (SSSR count). The Labute approximate surface area is 220 Å². The Hall–Kier alpha value is -3.82. The lowest BCUT2D eigenvalue weighted by Gasteiger charge is -2.21. The number of carbonyl (C=O) groups excluding carboxylic acids is 1. The van der Waals surface area contributed by atoms with Gasteiger partial charge in [0, 0.05) is 21.7 Å². The van der Waals surface area contributed by atoms with E-state index in [1.165, 1.54) is 6.26 Å². The summed E-state index contributed by atoms with van der Waals surface area (Å²) in [6.45, 7) is 3.22. The first kappa shape index (κ1) is 24.9. The number of rotatable bonds is 8. The molecule has 1 aromatic heterocycles. The number of hydrogen-bond acceptors (Lipinski definition) is 8. The molecular weight excluding hydrogens is 544 g/mol. The van der Waals surface area contributed by atoms with Crippen molar-refractivity contribution in [2.75, 3.05) is 13.4 Å². The molecule has 190 valence electrons. The summed E-state index contributed by atoms with van der Waals surface area (Å²) in [6.07, 6.45) is 2.01. The Kier molecular flexibility index (Phi) is 7.43. The normalized spacial score (nSPS) is 12.5. The van der Waals surface area contributed by atoms with Crippen LogP contribution in [0.1, 0.15) is 34.8 Å². The van der Waals surface area contributed by atoms with Gasteiger partial charge in [0.2, 0.25) is 11.2 Å². The van der Waals surface area contributed by atoms with Crippen LogP contribution in [0.15, 0.2) is 74.5 Å². The predicted octanol–water partition coefficient (Wildman–Crippen LogP) is 6.36. The summed E-state index contributed by atoms with van der Waals surface area (Å²) < 4.78 is 34.4. The van der Waals surface area contributed by atoms with Crippen LogP contribution >= 0.6 is 15.9 Å². The predicted molar refractivity (Wildman–Crippen MR) is 138 cm³/mol. The quantitative estimate of drug-likeness (QED) is 0.227. The number of carbonyl (C=O) groups is 1. The van der Waals surface area contributed by atoms with Crippen molar-refractivity contribution >= 4 is 32.9 Å². The Bertz CT molecular complexity index is 1490. The van der Waals surface area contributed by atoms with Crippen LogP contribution in [0.4, 0.5) is 0 Å². The maximum Gasteiger partial charge on any atom is 0.338 e. The largest absolute Gasteiger partial charge is 0.489 e. The molecule has 3 aromatic carbocycles. The van der Waals surface area contributed by atoms with E-state index in [4.69, 9.17) is 28.1 Å². The maximum absolute atomic E-state index is 13.0. The van der Waals surface area contributed by atoms with E-state index >= 15 is 0 Å². The molecule has 9 heteroatoms. The van der Waals surface area contributed by atoms with Crippen LogP contribution in [0, 0.1) is 0 Å². The van der Waals surface area contributed by atoms with Gasteiger partial charge in [-0.1, -0.05) is 22.9 Å². The molecule has 0 amide bonds. The third-order valence-electron chi connectivity index (χ3n) is 5.62. The van der Waals surface area contributed by atoms with Gasteiger partial charge in [0.1, 0.15) is 35.7 Å². The minimum atomic E-state index is -0.405. The molecule has 0 spiro atoms. The number of fused-ring (bicyclic) bond motifs is 2. The second-order valence-electron chi connectivity index (χ2n) is 8.30. The van der Waals surface area contributed by atoms with Gasteiger partial charge in [-0.25, -0.2) is 4.79 Å². The van der Waals surface area contributed by atoms with E-state index in [-0.39, 0.29) is 24.6 Å². The number of hydrogen-bond donors (Lipinski definition) is 0. The Morgan fingerprint density at radius 1 is 1.05 bits per heavy atom. The molecule has 0 unspecified atom stereocenters. The van der Waals surface area contributed by atoms with Gasteiger partial charge in [-0.05, 0) is 55.0 Å². The van der Waals surface area contributed by atoms with E-state index < -0.39 is 5.97 Å². The summed E-state index contributed by atoms with van der Waals surface area (Å²) in [7, 11) is 0. The van der Waals surface area contributed by atoms with Gasteiger partial charge in [-0.2, -0.15) is 0 Å². The molecule has 0 fully saturated rings. The van der Waals surface area contributed by atoms with E-state index in [2.05, 4.69) is 15.9 Å². The molecule has 1 aliphatic rings. The molecule has 4 aromatic rings. The highest BCUT2D eigenvalue weighted by atomic mass is 79.9. The first-order valence-corrected chi connectivity index (χ1v) is 12.5. The third kappa shape index (κ3) is 5.63. The number of benzene rings is 3. The summed E-state index contributed by atoms with van der Waals surface area (Å²) in [5.74, 6) is 1.31. The average molecular weight is 567 g/mol. The van der Waals surface area contributed by atoms with Crippen LogP contribution < -0.4 is 19.6 Å².